The third-order valence-electron chi connectivity index (χ3n) is 7.22. The summed E-state index contributed by atoms with van der Waals surface area (Å²) in [4.78, 5) is 17.2. The van der Waals surface area contributed by atoms with Crippen LogP contribution in [0.3, 0.4) is 0 Å². The van der Waals surface area contributed by atoms with E-state index < -0.39 is 0 Å². The number of H-pyrrole nitrogens is 2. The molecule has 7 rings (SSSR count). The zero-order valence-corrected chi connectivity index (χ0v) is 20.6. The Labute approximate surface area is 218 Å². The molecular formula is C30H25FN6O. The molecular weight excluding hydrogens is 479 g/mol. The first kappa shape index (κ1) is 22.6. The lowest BCUT2D eigenvalue weighted by atomic mass is 9.98. The highest BCUT2D eigenvalue weighted by Crippen LogP contribution is 2.34. The van der Waals surface area contributed by atoms with Crippen LogP contribution in [0.5, 0.6) is 5.75 Å². The first-order chi connectivity index (χ1) is 18.7. The zero-order chi connectivity index (χ0) is 25.5. The molecule has 0 atom stereocenters. The van der Waals surface area contributed by atoms with Crippen LogP contribution >= 0.6 is 0 Å². The molecule has 1 saturated carbocycles. The molecule has 0 saturated heterocycles. The van der Waals surface area contributed by atoms with E-state index in [4.69, 9.17) is 9.72 Å². The Morgan fingerprint density at radius 2 is 1.82 bits per heavy atom. The number of aromatic amines is 2. The van der Waals surface area contributed by atoms with Gasteiger partial charge < -0.3 is 9.72 Å². The molecule has 0 amide bonds. The maximum Gasteiger partial charge on any atom is 0.138 e. The van der Waals surface area contributed by atoms with Gasteiger partial charge in [-0.2, -0.15) is 5.10 Å². The van der Waals surface area contributed by atoms with Gasteiger partial charge in [0.1, 0.15) is 28.4 Å². The highest BCUT2D eigenvalue weighted by Gasteiger charge is 2.18. The second-order valence-corrected chi connectivity index (χ2v) is 9.74. The molecule has 0 radical (unpaired) electrons. The van der Waals surface area contributed by atoms with Crippen LogP contribution in [0.4, 0.5) is 4.39 Å². The molecule has 38 heavy (non-hydrogen) atoms. The maximum atomic E-state index is 14.6. The van der Waals surface area contributed by atoms with Gasteiger partial charge in [0.15, 0.2) is 0 Å². The van der Waals surface area contributed by atoms with Gasteiger partial charge in [-0.15, -0.1) is 0 Å². The summed E-state index contributed by atoms with van der Waals surface area (Å²) < 4.78 is 20.8. The molecule has 7 nitrogen and oxygen atoms in total. The third-order valence-corrected chi connectivity index (χ3v) is 7.22. The van der Waals surface area contributed by atoms with Gasteiger partial charge in [0.05, 0.1) is 29.2 Å². The van der Waals surface area contributed by atoms with Crippen molar-refractivity contribution in [3.8, 4) is 39.5 Å². The van der Waals surface area contributed by atoms with Crippen molar-refractivity contribution >= 4 is 22.1 Å². The van der Waals surface area contributed by atoms with Crippen LogP contribution in [-0.2, 0) is 0 Å². The average Bonchev–Trinajstić information content (AvgIpc) is 3.58. The van der Waals surface area contributed by atoms with Crippen molar-refractivity contribution in [2.45, 2.75) is 38.2 Å². The fourth-order valence-electron chi connectivity index (χ4n) is 5.32. The Kier molecular flexibility index (Phi) is 5.57. The number of benzene rings is 1. The van der Waals surface area contributed by atoms with Gasteiger partial charge in [-0.3, -0.25) is 10.1 Å². The number of hydrogen-bond donors (Lipinski definition) is 2. The second kappa shape index (κ2) is 9.37. The SMILES string of the molecule is Fc1ccccc1-c1ccnc2[nH]c(-c3n[nH]c4ccc(-c5cncc(OC6CCCCC6)c5)nc34)cc12. The van der Waals surface area contributed by atoms with E-state index in [0.29, 0.717) is 16.9 Å². The lowest BCUT2D eigenvalue weighted by molar-refractivity contribution is 0.154. The Hall–Kier alpha value is -4.59. The first-order valence-electron chi connectivity index (χ1n) is 12.9. The molecule has 2 N–H and O–H groups in total. The summed E-state index contributed by atoms with van der Waals surface area (Å²) in [5, 5.41) is 8.44. The van der Waals surface area contributed by atoms with Crippen LogP contribution in [-0.4, -0.2) is 36.2 Å². The summed E-state index contributed by atoms with van der Waals surface area (Å²) >= 11 is 0. The third kappa shape index (κ3) is 4.08. The smallest absolute Gasteiger partial charge is 0.138 e. The molecule has 0 unspecified atom stereocenters. The molecule has 0 bridgehead atoms. The summed E-state index contributed by atoms with van der Waals surface area (Å²) in [6.07, 6.45) is 11.4. The van der Waals surface area contributed by atoms with Gasteiger partial charge in [0.25, 0.3) is 0 Å². The molecule has 1 fully saturated rings. The number of aromatic nitrogens is 6. The lowest BCUT2D eigenvalue weighted by Crippen LogP contribution is -2.19. The van der Waals surface area contributed by atoms with E-state index in [1.807, 2.05) is 36.4 Å². The topological polar surface area (TPSA) is 92.4 Å². The number of nitrogens with one attached hydrogen (secondary N) is 2. The lowest BCUT2D eigenvalue weighted by Gasteiger charge is -2.22. The summed E-state index contributed by atoms with van der Waals surface area (Å²) in [6, 6.07) is 16.5. The van der Waals surface area contributed by atoms with Crippen molar-refractivity contribution in [3.05, 3.63) is 79.0 Å². The van der Waals surface area contributed by atoms with E-state index in [2.05, 4.69) is 25.1 Å². The quantitative estimate of drug-likeness (QED) is 0.262. The molecule has 6 aromatic rings. The van der Waals surface area contributed by atoms with E-state index in [9.17, 15) is 4.39 Å². The van der Waals surface area contributed by atoms with Gasteiger partial charge >= 0.3 is 0 Å². The molecule has 0 aliphatic heterocycles. The average molecular weight is 505 g/mol. The molecule has 5 heterocycles. The van der Waals surface area contributed by atoms with E-state index >= 15 is 0 Å². The fraction of sp³-hybridized carbons (Fsp3) is 0.200. The molecule has 1 aromatic carbocycles. The van der Waals surface area contributed by atoms with Crippen LogP contribution in [0, 0.1) is 5.82 Å². The van der Waals surface area contributed by atoms with Gasteiger partial charge in [-0.1, -0.05) is 24.6 Å². The number of hydrogen-bond acceptors (Lipinski definition) is 5. The highest BCUT2D eigenvalue weighted by molar-refractivity contribution is 5.99. The van der Waals surface area contributed by atoms with E-state index in [1.165, 1.54) is 25.3 Å². The zero-order valence-electron chi connectivity index (χ0n) is 20.6. The number of ether oxygens (including phenoxy) is 1. The van der Waals surface area contributed by atoms with Crippen molar-refractivity contribution in [1.29, 1.82) is 0 Å². The van der Waals surface area contributed by atoms with E-state index in [1.54, 1.807) is 30.7 Å². The van der Waals surface area contributed by atoms with Gasteiger partial charge in [-0.25, -0.2) is 14.4 Å². The first-order valence-corrected chi connectivity index (χ1v) is 12.9. The summed E-state index contributed by atoms with van der Waals surface area (Å²) in [6.45, 7) is 0. The predicted octanol–water partition coefficient (Wildman–Crippen LogP) is 7.08. The number of rotatable bonds is 5. The van der Waals surface area contributed by atoms with Gasteiger partial charge in [0, 0.05) is 28.9 Å². The minimum atomic E-state index is -0.275. The van der Waals surface area contributed by atoms with Crippen LogP contribution in [0.1, 0.15) is 32.1 Å². The van der Waals surface area contributed by atoms with Crippen LogP contribution < -0.4 is 4.74 Å². The van der Waals surface area contributed by atoms with Crippen molar-refractivity contribution in [1.82, 2.24) is 30.1 Å². The van der Waals surface area contributed by atoms with E-state index in [0.717, 1.165) is 57.5 Å². The monoisotopic (exact) mass is 504 g/mol. The Morgan fingerprint density at radius 3 is 2.71 bits per heavy atom. The predicted molar refractivity (Wildman–Crippen MR) is 145 cm³/mol. The van der Waals surface area contributed by atoms with Crippen molar-refractivity contribution in [2.75, 3.05) is 0 Å². The normalized spacial score (nSPS) is 14.3. The minimum Gasteiger partial charge on any atom is -0.489 e. The van der Waals surface area contributed by atoms with Crippen LogP contribution in [0.15, 0.2) is 73.2 Å². The molecule has 188 valence electrons. The summed E-state index contributed by atoms with van der Waals surface area (Å²) in [5.41, 5.74) is 6.57. The van der Waals surface area contributed by atoms with E-state index in [-0.39, 0.29) is 11.9 Å². The van der Waals surface area contributed by atoms with Crippen molar-refractivity contribution < 1.29 is 9.13 Å². The van der Waals surface area contributed by atoms with Gasteiger partial charge in [0.2, 0.25) is 0 Å². The molecule has 0 spiro atoms. The second-order valence-electron chi connectivity index (χ2n) is 9.74. The fourth-order valence-corrected chi connectivity index (χ4v) is 5.32. The number of fused-ring (bicyclic) bond motifs is 2. The van der Waals surface area contributed by atoms with Crippen LogP contribution in [0.25, 0.3) is 55.8 Å². The summed E-state index contributed by atoms with van der Waals surface area (Å²) in [5.74, 6) is 0.494. The minimum absolute atomic E-state index is 0.251. The molecule has 5 aromatic heterocycles. The van der Waals surface area contributed by atoms with Crippen molar-refractivity contribution in [3.63, 3.8) is 0 Å². The maximum absolute atomic E-state index is 14.6. The Bertz CT molecular complexity index is 1770. The number of nitrogens with zero attached hydrogens (tertiary/aromatic N) is 4. The van der Waals surface area contributed by atoms with Gasteiger partial charge in [-0.05, 0) is 67.6 Å². The molecule has 8 heteroatoms. The largest absolute Gasteiger partial charge is 0.489 e. The van der Waals surface area contributed by atoms with Crippen LogP contribution in [0.2, 0.25) is 0 Å². The Balaban J connectivity index is 1.26. The van der Waals surface area contributed by atoms with Crippen molar-refractivity contribution in [2.24, 2.45) is 0 Å². The number of pyridine rings is 3. The standard InChI is InChI=1S/C30H25FN6O/c31-24-9-5-4-8-22(24)21-12-13-33-30-23(21)15-27(35-30)29-28-26(36-37-29)11-10-25(34-28)18-14-20(17-32-16-18)38-19-6-2-1-3-7-19/h4-5,8-17,19H,1-3,6-7H2,(H,33,35)(H,36,37). The summed E-state index contributed by atoms with van der Waals surface area (Å²) in [7, 11) is 0. The number of halogens is 1. The molecule has 1 aliphatic rings. The highest BCUT2D eigenvalue weighted by atomic mass is 19.1. The molecule has 1 aliphatic carbocycles. The Morgan fingerprint density at radius 1 is 0.921 bits per heavy atom.